The zero-order valence-corrected chi connectivity index (χ0v) is 93.1. The van der Waals surface area contributed by atoms with Crippen LogP contribution in [0, 0.1) is 63.2 Å². The maximum absolute atomic E-state index is 12.4. The minimum Gasteiger partial charge on any atom is -0.480 e. The number of aryl methyl sites for hydroxylation is 4. The second-order valence-corrected chi connectivity index (χ2v) is 40.2. The number of nitrogens with zero attached hydrogens (tertiary/aromatic N) is 5. The predicted octanol–water partition coefficient (Wildman–Crippen LogP) is 27.0. The van der Waals surface area contributed by atoms with Crippen molar-refractivity contribution >= 4 is 83.3 Å². The van der Waals surface area contributed by atoms with Crippen LogP contribution in [-0.4, -0.2) is 162 Å². The molecule has 0 aliphatic rings. The number of aliphatic carboxylic acids is 2. The number of carboxylic acids is 2. The number of fused-ring (bicyclic) bond motifs is 6. The normalized spacial score (nSPS) is 14.1. The van der Waals surface area contributed by atoms with Crippen LogP contribution in [0.25, 0.3) is 111 Å². The summed E-state index contributed by atoms with van der Waals surface area (Å²) in [6.07, 6.45) is 21.2. The molecular formula is C120H174F3N18O9+. The first-order valence-corrected chi connectivity index (χ1v) is 53.2. The summed E-state index contributed by atoms with van der Waals surface area (Å²) in [5, 5.41) is 35.4. The van der Waals surface area contributed by atoms with Gasteiger partial charge in [-0.05, 0) is 205 Å². The van der Waals surface area contributed by atoms with Crippen LogP contribution in [0.2, 0.25) is 0 Å². The van der Waals surface area contributed by atoms with Crippen molar-refractivity contribution in [3.05, 3.63) is 240 Å². The number of carbonyl (C=O) groups is 3. The zero-order valence-electron chi connectivity index (χ0n) is 93.1. The number of halogens is 3. The zero-order chi connectivity index (χ0) is 110. The number of hydrogen-bond acceptors (Lipinski definition) is 17. The Hall–Kier alpha value is -12.7. The summed E-state index contributed by atoms with van der Waals surface area (Å²) < 4.78 is 56.5. The number of para-hydroxylation sites is 6. The van der Waals surface area contributed by atoms with Crippen molar-refractivity contribution in [1.82, 2.24) is 76.0 Å². The Labute approximate surface area is 886 Å². The molecule has 818 valence electrons. The molecule has 27 nitrogen and oxygen atoms in total. The summed E-state index contributed by atoms with van der Waals surface area (Å²) in [6, 6.07) is 49.9. The van der Waals surface area contributed by atoms with Gasteiger partial charge in [0.25, 0.3) is 5.89 Å². The molecule has 17 N–H and O–H groups in total. The first kappa shape index (κ1) is 124. The van der Waals surface area contributed by atoms with Crippen molar-refractivity contribution in [1.29, 1.82) is 0 Å². The maximum atomic E-state index is 12.4. The summed E-state index contributed by atoms with van der Waals surface area (Å²) in [5.41, 5.74) is 29.4. The van der Waals surface area contributed by atoms with E-state index in [2.05, 4.69) is 275 Å². The minimum absolute atomic E-state index is 0. The van der Waals surface area contributed by atoms with Crippen molar-refractivity contribution < 1.29 is 60.3 Å². The minimum atomic E-state index is -5.08. The molecule has 0 saturated heterocycles. The molecule has 0 radical (unpaired) electrons. The van der Waals surface area contributed by atoms with Crippen LogP contribution in [0.15, 0.2) is 200 Å². The predicted molar refractivity (Wildman–Crippen MR) is 610 cm³/mol. The average Bonchev–Trinajstić information content (AvgIpc) is 1.66. The molecule has 10 aromatic heterocycles. The third kappa shape index (κ3) is 35.2. The fraction of sp³-hybridized carbons (Fsp3) is 0.475. The fourth-order valence-electron chi connectivity index (χ4n) is 17.7. The molecule has 10 heterocycles. The van der Waals surface area contributed by atoms with Crippen LogP contribution < -0.4 is 37.6 Å². The van der Waals surface area contributed by atoms with Crippen LogP contribution >= 0.6 is 0 Å². The molecule has 0 bridgehead atoms. The van der Waals surface area contributed by atoms with Crippen molar-refractivity contribution in [3.63, 3.8) is 0 Å². The van der Waals surface area contributed by atoms with Gasteiger partial charge in [-0.1, -0.05) is 252 Å². The van der Waals surface area contributed by atoms with Gasteiger partial charge in [0.1, 0.15) is 6.04 Å². The lowest BCUT2D eigenvalue weighted by molar-refractivity contribution is -0.894. The molecule has 0 aliphatic heterocycles. The summed E-state index contributed by atoms with van der Waals surface area (Å²) in [6.45, 7) is 42.5. The smallest absolute Gasteiger partial charge is 0.480 e. The number of benzene rings is 6. The maximum Gasteiger partial charge on any atom is 0.490 e. The first-order chi connectivity index (χ1) is 71.1. The quantitative estimate of drug-likeness (QED) is 0.0171. The number of rotatable bonds is 38. The van der Waals surface area contributed by atoms with Crippen LogP contribution in [0.3, 0.4) is 0 Å². The highest BCUT2D eigenvalue weighted by atomic mass is 19.4. The number of nitrogens with two attached hydrogens (primary N) is 2. The molecular weight excluding hydrogens is 1890 g/mol. The highest BCUT2D eigenvalue weighted by Crippen LogP contribution is 2.40. The van der Waals surface area contributed by atoms with Crippen LogP contribution in [0.5, 0.6) is 0 Å². The van der Waals surface area contributed by atoms with Gasteiger partial charge in [0.05, 0.1) is 61.0 Å². The van der Waals surface area contributed by atoms with Crippen molar-refractivity contribution in [2.75, 3.05) is 49.3 Å². The van der Waals surface area contributed by atoms with E-state index in [-0.39, 0.29) is 61.7 Å². The number of H-pyrrole nitrogens is 6. The van der Waals surface area contributed by atoms with Crippen molar-refractivity contribution in [2.24, 2.45) is 47.0 Å². The molecule has 16 rings (SSSR count). The monoisotopic (exact) mass is 2070 g/mol. The summed E-state index contributed by atoms with van der Waals surface area (Å²) in [7, 11) is 14.1. The summed E-state index contributed by atoms with van der Waals surface area (Å²) in [5.74, 6) is 6.64. The van der Waals surface area contributed by atoms with Gasteiger partial charge in [0.2, 0.25) is 23.6 Å². The van der Waals surface area contributed by atoms with E-state index in [1.165, 1.54) is 61.3 Å². The Kier molecular flexibility index (Phi) is 50.5. The number of amides is 1. The SMILES string of the molecule is C.CC.CC[C@H](C)C[C@@H](N)c1nc(C)c(-c2c[nH]c3ccccc23)o1.CC[C@H](C)C[C@@H](NC)C(=O)NC(C)Cc1c[nH]c2ccccc12.CC[C@H](C)C[C@@H](NC)C(=O)O.CC[C@H](C)C[C@@H](NC)c1nc(C)c(-c2c[nH]c3ccccc23)o1.CC[C@H](C)C[C@H](c1nc(C)c(-c2c[nH]c3ccccc23)o1)N(C)C.CC[C@H](C)C[C@H](c1nc(C)c(-c2c[nH]c3ccccc23)o1)[NH+](C)C.C[C@@H](N)Cc1c[nH]c2ccccc12.O=C(O)C(F)(F)F. The lowest BCUT2D eigenvalue weighted by atomic mass is 9.98. The largest absolute Gasteiger partial charge is 0.490 e. The summed E-state index contributed by atoms with van der Waals surface area (Å²) >= 11 is 0. The molecule has 6 aromatic carbocycles. The number of oxazole rings is 4. The van der Waals surface area contributed by atoms with E-state index < -0.39 is 18.1 Å². The number of nitrogens with one attached hydrogen (secondary N) is 11. The average molecular weight is 2070 g/mol. The van der Waals surface area contributed by atoms with Gasteiger partial charge in [-0.3, -0.25) is 14.5 Å². The van der Waals surface area contributed by atoms with Crippen LogP contribution in [0.4, 0.5) is 13.2 Å². The lowest BCUT2D eigenvalue weighted by Gasteiger charge is -2.23. The third-order valence-corrected chi connectivity index (χ3v) is 27.8. The van der Waals surface area contributed by atoms with E-state index in [1.807, 2.05) is 154 Å². The number of alkyl halides is 3. The molecule has 1 unspecified atom stereocenters. The molecule has 0 saturated carbocycles. The van der Waals surface area contributed by atoms with Gasteiger partial charge in [0, 0.05) is 143 Å². The Morgan fingerprint density at radius 2 is 0.700 bits per heavy atom. The summed E-state index contributed by atoms with van der Waals surface area (Å²) in [4.78, 5) is 74.0. The van der Waals surface area contributed by atoms with Gasteiger partial charge in [-0.15, -0.1) is 0 Å². The molecule has 0 aliphatic carbocycles. The molecule has 16 aromatic rings. The van der Waals surface area contributed by atoms with Gasteiger partial charge >= 0.3 is 18.1 Å². The molecule has 30 heteroatoms. The topological polar surface area (TPSA) is 398 Å². The second kappa shape index (κ2) is 61.0. The van der Waals surface area contributed by atoms with E-state index in [0.29, 0.717) is 47.8 Å². The Morgan fingerprint density at radius 3 is 1.05 bits per heavy atom. The van der Waals surface area contributed by atoms with Crippen molar-refractivity contribution in [3.8, 4) is 45.3 Å². The fourth-order valence-corrected chi connectivity index (χ4v) is 17.7. The third-order valence-electron chi connectivity index (χ3n) is 27.8. The van der Waals surface area contributed by atoms with Crippen LogP contribution in [-0.2, 0) is 27.2 Å². The number of carbonyl (C=O) groups excluding carboxylic acids is 1. The lowest BCUT2D eigenvalue weighted by Crippen LogP contribution is -3.06. The number of likely N-dealkylation sites (N-methyl/N-ethyl adjacent to an activating group) is 2. The molecule has 1 amide bonds. The van der Waals surface area contributed by atoms with Gasteiger partial charge < -0.3 is 95.4 Å². The van der Waals surface area contributed by atoms with E-state index in [9.17, 15) is 22.8 Å². The Balaban J connectivity index is 0.000000236. The number of quaternary nitrogens is 1. The van der Waals surface area contributed by atoms with E-state index in [0.717, 1.165) is 189 Å². The first-order valence-electron chi connectivity index (χ1n) is 53.2. The Morgan fingerprint density at radius 1 is 0.407 bits per heavy atom. The van der Waals surface area contributed by atoms with Gasteiger partial charge in [0.15, 0.2) is 29.1 Å². The highest BCUT2D eigenvalue weighted by molar-refractivity contribution is 5.98. The molecule has 0 spiro atoms. The van der Waals surface area contributed by atoms with Crippen molar-refractivity contribution in [2.45, 2.75) is 290 Å². The van der Waals surface area contributed by atoms with E-state index in [1.54, 1.807) is 7.05 Å². The second-order valence-electron chi connectivity index (χ2n) is 40.2. The van der Waals surface area contributed by atoms with E-state index >= 15 is 0 Å². The highest BCUT2D eigenvalue weighted by Gasteiger charge is 2.39. The number of hydrogen-bond donors (Lipinski definition) is 15. The van der Waals surface area contributed by atoms with Gasteiger partial charge in [-0.25, -0.2) is 24.7 Å². The number of aromatic nitrogens is 10. The standard InChI is InChI=1S/2C20H27N3O.C19H25N3O.C19H29N3O.C18H23N3O.C11H14N2.C8H17NO2.C2HF3O2.C2H6.CH4/c2*1-6-13(2)11-18(23(4)5)20-22-14(3)19(24-20)16-12-21-17-10-8-7-9-15(16)17;1-5-12(2)10-17(20-4)19-22-13(3)18(23-19)15-11-21-16-9-7-6-8-14(15)16;1-5-13(2)10-18(20-4)19(23)22-14(3)11-15-12-21-17-9-7-6-8-16(15)17;1-4-11(2)9-15(19)18-21-12(3)17(22-18)14-10-20-16-8-6-5-7-13(14)16;1-8(12)6-9-7-13-11-5-3-2-4-10(9)11;1-4-6(2)5-7(9-3)8(10)11;3-2(4,5)1(6)7;1-2;/h2*7-10,12-13,18,21H,6,11H2,1-5H3;6-9,11-12,17,20-21H,5,10H2,1-4H3;6-9,12-14,18,20-21H,5,10-11H2,1-4H3,(H,22,23);5-8,10-11,15,20H,4,9,19H2,1-3H3;2-5,7-8,13H,6,12H2,1H3;6-7,9H,4-5H2,1-3H3,(H,10,11);(H,6,7);1-2H3;1H4/p+1/t2*13-,18+;12-,17+;13-,14?,18+;11-,15+;8-;6-,7+;;;/m0000010.../s1. The molecule has 14 atom stereocenters. The Bertz CT molecular complexity index is 6540. The number of aromatic amines is 6. The molecule has 150 heavy (non-hydrogen) atoms. The van der Waals surface area contributed by atoms with Crippen LogP contribution in [0.1, 0.15) is 277 Å². The van der Waals surface area contributed by atoms with Gasteiger partial charge in [-0.2, -0.15) is 13.2 Å². The van der Waals surface area contributed by atoms with E-state index in [4.69, 9.17) is 54.1 Å². The number of carboxylic acid groups (broad SMARTS) is 2. The molecule has 0 fully saturated rings.